The lowest BCUT2D eigenvalue weighted by atomic mass is 10.1. The Hall–Kier alpha value is 0.270. The first-order valence-corrected chi connectivity index (χ1v) is 6.82. The van der Waals surface area contributed by atoms with E-state index in [-0.39, 0.29) is 0 Å². The molecule has 0 aliphatic carbocycles. The number of thioether (sulfide) groups is 1. The molecule has 82 valence electrons. The second kappa shape index (κ2) is 4.86. The van der Waals surface area contributed by atoms with Crippen molar-refractivity contribution >= 4 is 11.8 Å². The molecule has 2 saturated heterocycles. The molecule has 3 unspecified atom stereocenters. The highest BCUT2D eigenvalue weighted by Crippen LogP contribution is 2.26. The van der Waals surface area contributed by atoms with Gasteiger partial charge in [-0.2, -0.15) is 11.8 Å². The van der Waals surface area contributed by atoms with Gasteiger partial charge in [0.15, 0.2) is 0 Å². The topological polar surface area (TPSA) is 15.3 Å². The maximum Gasteiger partial charge on any atom is 0.0168 e. The van der Waals surface area contributed by atoms with Crippen molar-refractivity contribution in [1.82, 2.24) is 10.2 Å². The van der Waals surface area contributed by atoms with E-state index in [2.05, 4.69) is 35.9 Å². The smallest absolute Gasteiger partial charge is 0.0168 e. The van der Waals surface area contributed by atoms with Gasteiger partial charge in [-0.3, -0.25) is 0 Å². The van der Waals surface area contributed by atoms with Crippen LogP contribution < -0.4 is 5.32 Å². The summed E-state index contributed by atoms with van der Waals surface area (Å²) in [6, 6.07) is 0.793. The molecule has 0 radical (unpaired) electrons. The van der Waals surface area contributed by atoms with Gasteiger partial charge in [-0.15, -0.1) is 0 Å². The molecule has 14 heavy (non-hydrogen) atoms. The van der Waals surface area contributed by atoms with Crippen LogP contribution in [0.1, 0.15) is 19.8 Å². The normalized spacial score (nSPS) is 39.4. The highest BCUT2D eigenvalue weighted by atomic mass is 32.2. The van der Waals surface area contributed by atoms with Gasteiger partial charge in [-0.05, 0) is 38.9 Å². The fourth-order valence-electron chi connectivity index (χ4n) is 2.49. The lowest BCUT2D eigenvalue weighted by Crippen LogP contribution is -2.34. The largest absolute Gasteiger partial charge is 0.313 e. The zero-order chi connectivity index (χ0) is 9.97. The Labute approximate surface area is 91.8 Å². The molecule has 0 bridgehead atoms. The van der Waals surface area contributed by atoms with E-state index in [0.717, 1.165) is 17.2 Å². The van der Waals surface area contributed by atoms with E-state index in [1.54, 1.807) is 0 Å². The predicted octanol–water partition coefficient (Wildman–Crippen LogP) is 1.42. The van der Waals surface area contributed by atoms with Crippen molar-refractivity contribution in [2.24, 2.45) is 5.92 Å². The van der Waals surface area contributed by atoms with Crippen molar-refractivity contribution in [2.75, 3.05) is 32.4 Å². The molecular formula is C11H22N2S. The van der Waals surface area contributed by atoms with Gasteiger partial charge in [0, 0.05) is 23.6 Å². The molecule has 2 rings (SSSR count). The highest BCUT2D eigenvalue weighted by molar-refractivity contribution is 8.00. The van der Waals surface area contributed by atoms with E-state index < -0.39 is 0 Å². The van der Waals surface area contributed by atoms with Crippen molar-refractivity contribution in [2.45, 2.75) is 31.1 Å². The predicted molar refractivity (Wildman–Crippen MR) is 63.9 cm³/mol. The summed E-state index contributed by atoms with van der Waals surface area (Å²) in [6.45, 7) is 6.17. The van der Waals surface area contributed by atoms with E-state index in [9.17, 15) is 0 Å². The molecule has 0 aromatic carbocycles. The summed E-state index contributed by atoms with van der Waals surface area (Å²) in [7, 11) is 2.23. The van der Waals surface area contributed by atoms with Crippen LogP contribution in [0.4, 0.5) is 0 Å². The molecule has 0 aromatic heterocycles. The van der Waals surface area contributed by atoms with Gasteiger partial charge in [-0.25, -0.2) is 0 Å². The summed E-state index contributed by atoms with van der Waals surface area (Å²) in [5, 5.41) is 4.60. The monoisotopic (exact) mass is 214 g/mol. The van der Waals surface area contributed by atoms with Crippen LogP contribution in [0.2, 0.25) is 0 Å². The number of hydrogen-bond acceptors (Lipinski definition) is 3. The van der Waals surface area contributed by atoms with E-state index in [1.165, 1.54) is 38.2 Å². The minimum Gasteiger partial charge on any atom is -0.313 e. The molecule has 3 atom stereocenters. The zero-order valence-electron chi connectivity index (χ0n) is 9.33. The molecule has 0 spiro atoms. The van der Waals surface area contributed by atoms with Gasteiger partial charge >= 0.3 is 0 Å². The Bertz CT molecular complexity index is 166. The molecule has 1 N–H and O–H groups in total. The first-order chi connectivity index (χ1) is 6.74. The first kappa shape index (κ1) is 10.8. The van der Waals surface area contributed by atoms with E-state index in [1.807, 2.05) is 0 Å². The lowest BCUT2D eigenvalue weighted by Gasteiger charge is -2.15. The van der Waals surface area contributed by atoms with Gasteiger partial charge < -0.3 is 10.2 Å². The molecule has 2 fully saturated rings. The third-order valence-corrected chi connectivity index (χ3v) is 4.74. The quantitative estimate of drug-likeness (QED) is 0.765. The van der Waals surface area contributed by atoms with Crippen LogP contribution in [0.3, 0.4) is 0 Å². The molecule has 0 amide bonds. The van der Waals surface area contributed by atoms with Crippen molar-refractivity contribution in [3.8, 4) is 0 Å². The number of rotatable bonds is 3. The van der Waals surface area contributed by atoms with Gasteiger partial charge in [-0.1, -0.05) is 6.92 Å². The molecule has 3 heteroatoms. The average molecular weight is 214 g/mol. The number of nitrogens with one attached hydrogen (secondary N) is 1. The van der Waals surface area contributed by atoms with Crippen LogP contribution in [-0.2, 0) is 0 Å². The minimum absolute atomic E-state index is 0.793. The number of hydrogen-bond donors (Lipinski definition) is 1. The molecule has 0 saturated carbocycles. The van der Waals surface area contributed by atoms with Crippen LogP contribution >= 0.6 is 11.8 Å². The van der Waals surface area contributed by atoms with Crippen molar-refractivity contribution in [1.29, 1.82) is 0 Å². The zero-order valence-corrected chi connectivity index (χ0v) is 10.1. The summed E-state index contributed by atoms with van der Waals surface area (Å²) in [5.74, 6) is 2.23. The second-order valence-electron chi connectivity index (χ2n) is 4.90. The standard InChI is InChI=1S/C11H22N2S/c1-9-5-11(8-14-9)12-6-10-3-4-13(2)7-10/h9-12H,3-8H2,1-2H3. The highest BCUT2D eigenvalue weighted by Gasteiger charge is 2.24. The molecular weight excluding hydrogens is 192 g/mol. The van der Waals surface area contributed by atoms with Crippen LogP contribution in [0.5, 0.6) is 0 Å². The Kier molecular flexibility index (Phi) is 3.74. The lowest BCUT2D eigenvalue weighted by molar-refractivity contribution is 0.380. The summed E-state index contributed by atoms with van der Waals surface area (Å²) in [5.41, 5.74) is 0. The SMILES string of the molecule is CC1CC(NCC2CCN(C)C2)CS1. The maximum atomic E-state index is 3.73. The Morgan fingerprint density at radius 3 is 2.93 bits per heavy atom. The van der Waals surface area contributed by atoms with E-state index in [0.29, 0.717) is 0 Å². The fraction of sp³-hybridized carbons (Fsp3) is 1.00. The molecule has 0 aromatic rings. The fourth-order valence-corrected chi connectivity index (χ4v) is 3.67. The van der Waals surface area contributed by atoms with Crippen LogP contribution in [0.15, 0.2) is 0 Å². The second-order valence-corrected chi connectivity index (χ2v) is 6.37. The Morgan fingerprint density at radius 2 is 2.36 bits per heavy atom. The minimum atomic E-state index is 0.793. The van der Waals surface area contributed by atoms with Crippen LogP contribution in [-0.4, -0.2) is 48.6 Å². The number of likely N-dealkylation sites (tertiary alicyclic amines) is 1. The van der Waals surface area contributed by atoms with Gasteiger partial charge in [0.2, 0.25) is 0 Å². The summed E-state index contributed by atoms with van der Waals surface area (Å²) in [6.07, 6.45) is 2.76. The third-order valence-electron chi connectivity index (χ3n) is 3.38. The summed E-state index contributed by atoms with van der Waals surface area (Å²) >= 11 is 2.12. The maximum absolute atomic E-state index is 3.73. The Balaban J connectivity index is 1.63. The van der Waals surface area contributed by atoms with Crippen LogP contribution in [0.25, 0.3) is 0 Å². The molecule has 2 aliphatic rings. The third kappa shape index (κ3) is 2.88. The molecule has 2 heterocycles. The Morgan fingerprint density at radius 1 is 1.50 bits per heavy atom. The van der Waals surface area contributed by atoms with Gasteiger partial charge in [0.05, 0.1) is 0 Å². The summed E-state index contributed by atoms with van der Waals surface area (Å²) in [4.78, 5) is 2.44. The average Bonchev–Trinajstić information content (AvgIpc) is 2.72. The molecule has 2 aliphatic heterocycles. The molecule has 2 nitrogen and oxygen atoms in total. The van der Waals surface area contributed by atoms with Gasteiger partial charge in [0.25, 0.3) is 0 Å². The van der Waals surface area contributed by atoms with Crippen molar-refractivity contribution in [3.63, 3.8) is 0 Å². The van der Waals surface area contributed by atoms with E-state index >= 15 is 0 Å². The number of nitrogens with zero attached hydrogens (tertiary/aromatic N) is 1. The van der Waals surface area contributed by atoms with Crippen LogP contribution in [0, 0.1) is 5.92 Å². The first-order valence-electron chi connectivity index (χ1n) is 5.77. The van der Waals surface area contributed by atoms with Crippen molar-refractivity contribution in [3.05, 3.63) is 0 Å². The summed E-state index contributed by atoms with van der Waals surface area (Å²) < 4.78 is 0. The van der Waals surface area contributed by atoms with Gasteiger partial charge in [0.1, 0.15) is 0 Å². The van der Waals surface area contributed by atoms with Crippen molar-refractivity contribution < 1.29 is 0 Å². The van der Waals surface area contributed by atoms with E-state index in [4.69, 9.17) is 0 Å².